The average Bonchev–Trinajstić information content (AvgIpc) is 3.10. The van der Waals surface area contributed by atoms with Crippen LogP contribution in [0.4, 0.5) is 0 Å². The standard InChI is InChI=1S/C12H22N2O3S/c1-18(16,17)13-8-12(15)14-11-4-2-3-10(7-11)9-5-6-9/h9-11,13H,2-8H2,1H3,(H,14,15)/t10-,11+/m1/s1. The summed E-state index contributed by atoms with van der Waals surface area (Å²) in [4.78, 5) is 11.6. The Morgan fingerprint density at radius 2 is 1.89 bits per heavy atom. The Morgan fingerprint density at radius 3 is 2.50 bits per heavy atom. The number of sulfonamides is 1. The van der Waals surface area contributed by atoms with Crippen molar-refractivity contribution in [2.45, 2.75) is 44.6 Å². The highest BCUT2D eigenvalue weighted by molar-refractivity contribution is 7.88. The van der Waals surface area contributed by atoms with Gasteiger partial charge in [0, 0.05) is 6.04 Å². The molecule has 1 amide bonds. The van der Waals surface area contributed by atoms with Crippen molar-refractivity contribution in [1.82, 2.24) is 10.0 Å². The molecule has 5 nitrogen and oxygen atoms in total. The lowest BCUT2D eigenvalue weighted by molar-refractivity contribution is -0.121. The van der Waals surface area contributed by atoms with Gasteiger partial charge in [-0.3, -0.25) is 4.79 Å². The van der Waals surface area contributed by atoms with Gasteiger partial charge in [0.05, 0.1) is 12.8 Å². The monoisotopic (exact) mass is 274 g/mol. The van der Waals surface area contributed by atoms with Gasteiger partial charge in [-0.25, -0.2) is 13.1 Å². The van der Waals surface area contributed by atoms with Crippen LogP contribution in [0.5, 0.6) is 0 Å². The van der Waals surface area contributed by atoms with Crippen LogP contribution in [0.15, 0.2) is 0 Å². The van der Waals surface area contributed by atoms with Gasteiger partial charge < -0.3 is 5.32 Å². The molecule has 0 unspecified atom stereocenters. The molecular weight excluding hydrogens is 252 g/mol. The van der Waals surface area contributed by atoms with Crippen molar-refractivity contribution in [3.8, 4) is 0 Å². The predicted molar refractivity (Wildman–Crippen MR) is 69.5 cm³/mol. The van der Waals surface area contributed by atoms with Crippen LogP contribution in [0.3, 0.4) is 0 Å². The van der Waals surface area contributed by atoms with Crippen molar-refractivity contribution in [1.29, 1.82) is 0 Å². The maximum atomic E-state index is 11.6. The smallest absolute Gasteiger partial charge is 0.235 e. The Labute approximate surface area is 109 Å². The van der Waals surface area contributed by atoms with Gasteiger partial charge >= 0.3 is 0 Å². The van der Waals surface area contributed by atoms with E-state index in [1.807, 2.05) is 0 Å². The first kappa shape index (κ1) is 13.8. The van der Waals surface area contributed by atoms with Gasteiger partial charge in [0.25, 0.3) is 0 Å². The second-order valence-electron chi connectivity index (χ2n) is 5.62. The van der Waals surface area contributed by atoms with Gasteiger partial charge in [-0.05, 0) is 37.5 Å². The van der Waals surface area contributed by atoms with Gasteiger partial charge in [-0.1, -0.05) is 12.8 Å². The van der Waals surface area contributed by atoms with E-state index in [-0.39, 0.29) is 18.5 Å². The summed E-state index contributed by atoms with van der Waals surface area (Å²) < 4.78 is 24.0. The minimum atomic E-state index is -3.29. The number of carbonyl (C=O) groups is 1. The Morgan fingerprint density at radius 1 is 1.17 bits per heavy atom. The molecule has 6 heteroatoms. The molecule has 0 aromatic carbocycles. The zero-order valence-corrected chi connectivity index (χ0v) is 11.6. The third-order valence-corrected chi connectivity index (χ3v) is 4.53. The van der Waals surface area contributed by atoms with E-state index in [1.165, 1.54) is 25.7 Å². The molecule has 0 aromatic rings. The number of nitrogens with one attached hydrogen (secondary N) is 2. The number of amides is 1. The molecule has 2 N–H and O–H groups in total. The van der Waals surface area contributed by atoms with Crippen LogP contribution in [0, 0.1) is 11.8 Å². The van der Waals surface area contributed by atoms with E-state index in [0.29, 0.717) is 0 Å². The number of hydrogen-bond donors (Lipinski definition) is 2. The van der Waals surface area contributed by atoms with Crippen LogP contribution in [0.25, 0.3) is 0 Å². The predicted octanol–water partition coefficient (Wildman–Crippen LogP) is 0.621. The van der Waals surface area contributed by atoms with Crippen molar-refractivity contribution in [2.24, 2.45) is 11.8 Å². The summed E-state index contributed by atoms with van der Waals surface area (Å²) in [6, 6.07) is 0.234. The van der Waals surface area contributed by atoms with Crippen LogP contribution < -0.4 is 10.0 Å². The van der Waals surface area contributed by atoms with Crippen LogP contribution in [0.2, 0.25) is 0 Å². The third kappa shape index (κ3) is 4.57. The molecule has 0 spiro atoms. The molecule has 0 radical (unpaired) electrons. The fourth-order valence-corrected chi connectivity index (χ4v) is 3.22. The minimum absolute atomic E-state index is 0.149. The van der Waals surface area contributed by atoms with Crippen molar-refractivity contribution in [3.63, 3.8) is 0 Å². The van der Waals surface area contributed by atoms with Crippen LogP contribution in [-0.4, -0.2) is 33.2 Å². The zero-order valence-electron chi connectivity index (χ0n) is 10.8. The highest BCUT2D eigenvalue weighted by atomic mass is 32.2. The molecule has 0 bridgehead atoms. The fourth-order valence-electron chi connectivity index (χ4n) is 2.83. The molecule has 2 aliphatic carbocycles. The molecule has 2 aliphatic rings. The van der Waals surface area contributed by atoms with Gasteiger partial charge in [-0.15, -0.1) is 0 Å². The molecule has 2 atom stereocenters. The molecule has 18 heavy (non-hydrogen) atoms. The minimum Gasteiger partial charge on any atom is -0.352 e. The van der Waals surface area contributed by atoms with Crippen LogP contribution >= 0.6 is 0 Å². The quantitative estimate of drug-likeness (QED) is 0.772. The lowest BCUT2D eigenvalue weighted by atomic mass is 9.83. The van der Waals surface area contributed by atoms with Crippen molar-refractivity contribution in [3.05, 3.63) is 0 Å². The number of rotatable bonds is 5. The number of carbonyl (C=O) groups excluding carboxylic acids is 1. The number of hydrogen-bond acceptors (Lipinski definition) is 3. The highest BCUT2D eigenvalue weighted by Gasteiger charge is 2.34. The van der Waals surface area contributed by atoms with E-state index >= 15 is 0 Å². The molecule has 0 aliphatic heterocycles. The van der Waals surface area contributed by atoms with Crippen LogP contribution in [-0.2, 0) is 14.8 Å². The van der Waals surface area contributed by atoms with E-state index in [0.717, 1.165) is 30.9 Å². The molecule has 0 aromatic heterocycles. The first-order valence-electron chi connectivity index (χ1n) is 6.68. The lowest BCUT2D eigenvalue weighted by Gasteiger charge is -2.29. The van der Waals surface area contributed by atoms with Gasteiger partial charge in [-0.2, -0.15) is 0 Å². The first-order valence-corrected chi connectivity index (χ1v) is 8.57. The summed E-state index contributed by atoms with van der Waals surface area (Å²) >= 11 is 0. The van der Waals surface area contributed by atoms with Crippen molar-refractivity contribution < 1.29 is 13.2 Å². The van der Waals surface area contributed by atoms with Crippen LogP contribution in [0.1, 0.15) is 38.5 Å². The van der Waals surface area contributed by atoms with E-state index in [4.69, 9.17) is 0 Å². The fraction of sp³-hybridized carbons (Fsp3) is 0.917. The van der Waals surface area contributed by atoms with E-state index in [2.05, 4.69) is 10.0 Å². The second kappa shape index (κ2) is 5.57. The first-order chi connectivity index (χ1) is 8.44. The third-order valence-electron chi connectivity index (χ3n) is 3.86. The van der Waals surface area contributed by atoms with Gasteiger partial charge in [0.2, 0.25) is 15.9 Å². The summed E-state index contributed by atoms with van der Waals surface area (Å²) in [5.41, 5.74) is 0. The Kier molecular flexibility index (Phi) is 4.27. The second-order valence-corrected chi connectivity index (χ2v) is 7.45. The summed E-state index contributed by atoms with van der Waals surface area (Å²) in [6.07, 6.45) is 8.30. The van der Waals surface area contributed by atoms with Crippen molar-refractivity contribution >= 4 is 15.9 Å². The summed E-state index contributed by atoms with van der Waals surface area (Å²) in [6.45, 7) is -0.149. The Balaban J connectivity index is 1.72. The molecule has 0 heterocycles. The summed E-state index contributed by atoms with van der Waals surface area (Å²) in [7, 11) is -3.29. The molecular formula is C12H22N2O3S. The molecule has 2 fully saturated rings. The molecule has 104 valence electrons. The van der Waals surface area contributed by atoms with Gasteiger partial charge in [0.1, 0.15) is 0 Å². The summed E-state index contributed by atoms with van der Waals surface area (Å²) in [5.74, 6) is 1.44. The topological polar surface area (TPSA) is 75.3 Å². The average molecular weight is 274 g/mol. The van der Waals surface area contributed by atoms with E-state index in [1.54, 1.807) is 0 Å². The van der Waals surface area contributed by atoms with Crippen molar-refractivity contribution in [2.75, 3.05) is 12.8 Å². The largest absolute Gasteiger partial charge is 0.352 e. The molecule has 2 saturated carbocycles. The van der Waals surface area contributed by atoms with E-state index in [9.17, 15) is 13.2 Å². The zero-order chi connectivity index (χ0) is 13.2. The molecule has 0 saturated heterocycles. The SMILES string of the molecule is CS(=O)(=O)NCC(=O)N[C@H]1CCC[C@@H](C2CC2)C1. The molecule has 2 rings (SSSR count). The maximum absolute atomic E-state index is 11.6. The Bertz CT molecular complexity index is 404. The summed E-state index contributed by atoms with van der Waals surface area (Å²) in [5, 5.41) is 2.94. The maximum Gasteiger partial charge on any atom is 0.235 e. The highest BCUT2D eigenvalue weighted by Crippen LogP contribution is 2.43. The van der Waals surface area contributed by atoms with E-state index < -0.39 is 10.0 Å². The van der Waals surface area contributed by atoms with Gasteiger partial charge in [0.15, 0.2) is 0 Å². The lowest BCUT2D eigenvalue weighted by Crippen LogP contribution is -2.43. The Hall–Kier alpha value is -0.620. The normalized spacial score (nSPS) is 28.9.